The first-order valence-electron chi connectivity index (χ1n) is 5.36. The van der Waals surface area contributed by atoms with Crippen molar-refractivity contribution in [3.63, 3.8) is 0 Å². The van der Waals surface area contributed by atoms with Crippen LogP contribution in [0.1, 0.15) is 30.0 Å². The Morgan fingerprint density at radius 2 is 1.87 bits per heavy atom. The molecule has 1 atom stereocenters. The lowest BCUT2D eigenvalue weighted by molar-refractivity contribution is 0.559. The molecule has 1 aromatic rings. The number of benzene rings is 1. The molecule has 80 valence electrons. The van der Waals surface area contributed by atoms with Crippen molar-refractivity contribution >= 4 is 0 Å². The normalized spacial score (nSPS) is 12.1. The molecule has 0 bridgehead atoms. The van der Waals surface area contributed by atoms with E-state index in [0.29, 0.717) is 6.04 Å². The SMILES string of the molecule is C#CCC(C)NCc1cc(C)cc(C)c1. The molecule has 0 saturated heterocycles. The van der Waals surface area contributed by atoms with E-state index in [1.54, 1.807) is 0 Å². The molecule has 1 N–H and O–H groups in total. The molecular formula is C14H19N. The summed E-state index contributed by atoms with van der Waals surface area (Å²) in [7, 11) is 0. The zero-order valence-corrected chi connectivity index (χ0v) is 9.80. The van der Waals surface area contributed by atoms with E-state index < -0.39 is 0 Å². The number of aryl methyl sites for hydroxylation is 2. The zero-order valence-electron chi connectivity index (χ0n) is 9.80. The van der Waals surface area contributed by atoms with Crippen molar-refractivity contribution in [3.05, 3.63) is 34.9 Å². The molecule has 0 amide bonds. The maximum Gasteiger partial charge on any atom is 0.0238 e. The highest BCUT2D eigenvalue weighted by molar-refractivity contribution is 5.28. The fourth-order valence-corrected chi connectivity index (χ4v) is 1.71. The Kier molecular flexibility index (Phi) is 4.39. The van der Waals surface area contributed by atoms with Gasteiger partial charge in [0.2, 0.25) is 0 Å². The quantitative estimate of drug-likeness (QED) is 0.739. The summed E-state index contributed by atoms with van der Waals surface area (Å²) in [5.74, 6) is 2.66. The average Bonchev–Trinajstić information content (AvgIpc) is 2.14. The topological polar surface area (TPSA) is 12.0 Å². The molecule has 0 aliphatic heterocycles. The molecule has 0 aromatic heterocycles. The number of hydrogen-bond acceptors (Lipinski definition) is 1. The van der Waals surface area contributed by atoms with E-state index in [-0.39, 0.29) is 0 Å². The molecule has 1 aromatic carbocycles. The van der Waals surface area contributed by atoms with Gasteiger partial charge in [-0.05, 0) is 26.3 Å². The van der Waals surface area contributed by atoms with E-state index in [4.69, 9.17) is 6.42 Å². The highest BCUT2D eigenvalue weighted by Gasteiger charge is 2.00. The molecule has 0 fully saturated rings. The van der Waals surface area contributed by atoms with Crippen LogP contribution in [0.2, 0.25) is 0 Å². The van der Waals surface area contributed by atoms with E-state index >= 15 is 0 Å². The number of rotatable bonds is 4. The van der Waals surface area contributed by atoms with Crippen molar-refractivity contribution in [3.8, 4) is 12.3 Å². The van der Waals surface area contributed by atoms with E-state index in [0.717, 1.165) is 13.0 Å². The van der Waals surface area contributed by atoms with Crippen LogP contribution in [0, 0.1) is 26.2 Å². The van der Waals surface area contributed by atoms with E-state index in [2.05, 4.69) is 50.2 Å². The minimum Gasteiger partial charge on any atom is -0.309 e. The van der Waals surface area contributed by atoms with Crippen molar-refractivity contribution in [2.45, 2.75) is 39.8 Å². The molecule has 0 aliphatic carbocycles. The summed E-state index contributed by atoms with van der Waals surface area (Å²) in [5, 5.41) is 3.41. The summed E-state index contributed by atoms with van der Waals surface area (Å²) in [6, 6.07) is 7.00. The maximum absolute atomic E-state index is 5.26. The molecule has 0 radical (unpaired) electrons. The molecule has 0 aliphatic rings. The third kappa shape index (κ3) is 4.18. The van der Waals surface area contributed by atoms with Crippen molar-refractivity contribution < 1.29 is 0 Å². The lowest BCUT2D eigenvalue weighted by Gasteiger charge is -2.11. The fraction of sp³-hybridized carbons (Fsp3) is 0.429. The maximum atomic E-state index is 5.26. The van der Waals surface area contributed by atoms with Crippen LogP contribution in [0.25, 0.3) is 0 Å². The van der Waals surface area contributed by atoms with Gasteiger partial charge in [-0.2, -0.15) is 0 Å². The van der Waals surface area contributed by atoms with Crippen LogP contribution in [-0.4, -0.2) is 6.04 Å². The summed E-state index contributed by atoms with van der Waals surface area (Å²) in [6.07, 6.45) is 6.04. The number of terminal acetylenes is 1. The second-order valence-electron chi connectivity index (χ2n) is 4.19. The molecule has 1 rings (SSSR count). The fourth-order valence-electron chi connectivity index (χ4n) is 1.71. The summed E-state index contributed by atoms with van der Waals surface area (Å²) in [6.45, 7) is 7.26. The van der Waals surface area contributed by atoms with Gasteiger partial charge in [-0.25, -0.2) is 0 Å². The van der Waals surface area contributed by atoms with Crippen LogP contribution in [0.5, 0.6) is 0 Å². The Hall–Kier alpha value is -1.26. The van der Waals surface area contributed by atoms with Crippen LogP contribution >= 0.6 is 0 Å². The van der Waals surface area contributed by atoms with Crippen LogP contribution < -0.4 is 5.32 Å². The van der Waals surface area contributed by atoms with Gasteiger partial charge >= 0.3 is 0 Å². The first-order valence-corrected chi connectivity index (χ1v) is 5.36. The minimum absolute atomic E-state index is 0.385. The van der Waals surface area contributed by atoms with Gasteiger partial charge in [0.25, 0.3) is 0 Å². The summed E-state index contributed by atoms with van der Waals surface area (Å²) in [5.41, 5.74) is 3.96. The molecular weight excluding hydrogens is 182 g/mol. The minimum atomic E-state index is 0.385. The van der Waals surface area contributed by atoms with E-state index in [9.17, 15) is 0 Å². The Morgan fingerprint density at radius 1 is 1.27 bits per heavy atom. The van der Waals surface area contributed by atoms with Crippen molar-refractivity contribution in [1.82, 2.24) is 5.32 Å². The smallest absolute Gasteiger partial charge is 0.0238 e. The molecule has 1 unspecified atom stereocenters. The Labute approximate surface area is 92.9 Å². The lowest BCUT2D eigenvalue weighted by atomic mass is 10.1. The van der Waals surface area contributed by atoms with Crippen LogP contribution in [0.4, 0.5) is 0 Å². The van der Waals surface area contributed by atoms with Crippen molar-refractivity contribution in [1.29, 1.82) is 0 Å². The van der Waals surface area contributed by atoms with Gasteiger partial charge in [-0.3, -0.25) is 0 Å². The van der Waals surface area contributed by atoms with Crippen LogP contribution in [0.3, 0.4) is 0 Å². The predicted molar refractivity (Wildman–Crippen MR) is 65.7 cm³/mol. The third-order valence-electron chi connectivity index (χ3n) is 2.36. The monoisotopic (exact) mass is 201 g/mol. The van der Waals surface area contributed by atoms with E-state index in [1.165, 1.54) is 16.7 Å². The lowest BCUT2D eigenvalue weighted by Crippen LogP contribution is -2.24. The number of nitrogens with one attached hydrogen (secondary N) is 1. The van der Waals surface area contributed by atoms with Gasteiger partial charge in [0.1, 0.15) is 0 Å². The molecule has 0 heterocycles. The molecule has 1 nitrogen and oxygen atoms in total. The zero-order chi connectivity index (χ0) is 11.3. The summed E-state index contributed by atoms with van der Waals surface area (Å²) < 4.78 is 0. The van der Waals surface area contributed by atoms with Crippen LogP contribution in [0.15, 0.2) is 18.2 Å². The number of hydrogen-bond donors (Lipinski definition) is 1. The standard InChI is InChI=1S/C14H19N/c1-5-6-13(4)15-10-14-8-11(2)7-12(3)9-14/h1,7-9,13,15H,6,10H2,2-4H3. The van der Waals surface area contributed by atoms with Gasteiger partial charge < -0.3 is 5.32 Å². The van der Waals surface area contributed by atoms with Gasteiger partial charge in [-0.15, -0.1) is 12.3 Å². The summed E-state index contributed by atoms with van der Waals surface area (Å²) >= 11 is 0. The van der Waals surface area contributed by atoms with Gasteiger partial charge in [0.05, 0.1) is 0 Å². The second-order valence-corrected chi connectivity index (χ2v) is 4.19. The van der Waals surface area contributed by atoms with Gasteiger partial charge in [0.15, 0.2) is 0 Å². The Morgan fingerprint density at radius 3 is 2.40 bits per heavy atom. The van der Waals surface area contributed by atoms with Crippen molar-refractivity contribution in [2.75, 3.05) is 0 Å². The van der Waals surface area contributed by atoms with Crippen molar-refractivity contribution in [2.24, 2.45) is 0 Å². The van der Waals surface area contributed by atoms with E-state index in [1.807, 2.05) is 0 Å². The largest absolute Gasteiger partial charge is 0.309 e. The first kappa shape index (κ1) is 11.8. The summed E-state index contributed by atoms with van der Waals surface area (Å²) in [4.78, 5) is 0. The van der Waals surface area contributed by atoms with Gasteiger partial charge in [0, 0.05) is 19.0 Å². The molecule has 1 heteroatoms. The molecule has 0 spiro atoms. The molecule has 15 heavy (non-hydrogen) atoms. The Balaban J connectivity index is 2.54. The van der Waals surface area contributed by atoms with Crippen LogP contribution in [-0.2, 0) is 6.54 Å². The average molecular weight is 201 g/mol. The van der Waals surface area contributed by atoms with Gasteiger partial charge in [-0.1, -0.05) is 29.3 Å². The predicted octanol–water partition coefficient (Wildman–Crippen LogP) is 2.80. The highest BCUT2D eigenvalue weighted by atomic mass is 14.9. The third-order valence-corrected chi connectivity index (χ3v) is 2.36. The Bertz CT molecular complexity index is 340. The first-order chi connectivity index (χ1) is 7.11. The highest BCUT2D eigenvalue weighted by Crippen LogP contribution is 2.08. The molecule has 0 saturated carbocycles. The second kappa shape index (κ2) is 5.58.